The van der Waals surface area contributed by atoms with Crippen LogP contribution in [0.15, 0.2) is 23.1 Å². The fourth-order valence-electron chi connectivity index (χ4n) is 1.53. The lowest BCUT2D eigenvalue weighted by atomic mass is 10.1. The van der Waals surface area contributed by atoms with Gasteiger partial charge < -0.3 is 10.2 Å². The molecule has 19 heavy (non-hydrogen) atoms. The van der Waals surface area contributed by atoms with E-state index in [-0.39, 0.29) is 24.7 Å². The molecular formula is C13H17NO4S. The SMILES string of the molecule is Cc1ccc(S(=O)(=O)N(C)CCO)c(C#CCO)c1. The molecule has 0 fully saturated rings. The van der Waals surface area contributed by atoms with Crippen molar-refractivity contribution in [3.05, 3.63) is 29.3 Å². The van der Waals surface area contributed by atoms with Gasteiger partial charge in [-0.15, -0.1) is 0 Å². The Bertz CT molecular complexity index is 599. The van der Waals surface area contributed by atoms with Crippen LogP contribution in [0.2, 0.25) is 0 Å². The van der Waals surface area contributed by atoms with Crippen molar-refractivity contribution in [1.82, 2.24) is 4.31 Å². The molecule has 5 nitrogen and oxygen atoms in total. The highest BCUT2D eigenvalue weighted by Crippen LogP contribution is 2.20. The maximum atomic E-state index is 12.3. The largest absolute Gasteiger partial charge is 0.395 e. The average molecular weight is 283 g/mol. The van der Waals surface area contributed by atoms with Gasteiger partial charge in [-0.1, -0.05) is 17.9 Å². The maximum absolute atomic E-state index is 12.3. The molecule has 6 heteroatoms. The molecule has 0 aliphatic carbocycles. The number of hydrogen-bond donors (Lipinski definition) is 2. The van der Waals surface area contributed by atoms with Crippen molar-refractivity contribution < 1.29 is 18.6 Å². The lowest BCUT2D eigenvalue weighted by Gasteiger charge is -2.17. The second-order valence-corrected chi connectivity index (χ2v) is 6.02. The van der Waals surface area contributed by atoms with Crippen LogP contribution >= 0.6 is 0 Å². The third-order valence-corrected chi connectivity index (χ3v) is 4.46. The Balaban J connectivity index is 3.33. The van der Waals surface area contributed by atoms with Gasteiger partial charge in [-0.2, -0.15) is 4.31 Å². The molecule has 0 aliphatic heterocycles. The molecule has 1 aromatic carbocycles. The van der Waals surface area contributed by atoms with Crippen molar-refractivity contribution in [2.75, 3.05) is 26.8 Å². The zero-order valence-electron chi connectivity index (χ0n) is 10.9. The van der Waals surface area contributed by atoms with Gasteiger partial charge in [-0.3, -0.25) is 0 Å². The number of benzene rings is 1. The molecule has 0 heterocycles. The highest BCUT2D eigenvalue weighted by atomic mass is 32.2. The van der Waals surface area contributed by atoms with Crippen molar-refractivity contribution in [2.45, 2.75) is 11.8 Å². The lowest BCUT2D eigenvalue weighted by Crippen LogP contribution is -2.30. The molecule has 0 atom stereocenters. The molecule has 104 valence electrons. The van der Waals surface area contributed by atoms with Crippen LogP contribution in [0.25, 0.3) is 0 Å². The number of rotatable bonds is 4. The Morgan fingerprint density at radius 1 is 1.32 bits per heavy atom. The molecule has 0 spiro atoms. The molecular weight excluding hydrogens is 266 g/mol. The highest BCUT2D eigenvalue weighted by Gasteiger charge is 2.22. The Labute approximate surface area is 113 Å². The topological polar surface area (TPSA) is 77.8 Å². The fourth-order valence-corrected chi connectivity index (χ4v) is 2.82. The Morgan fingerprint density at radius 3 is 2.58 bits per heavy atom. The van der Waals surface area contributed by atoms with Crippen molar-refractivity contribution in [3.8, 4) is 11.8 Å². The van der Waals surface area contributed by atoms with Crippen molar-refractivity contribution in [2.24, 2.45) is 0 Å². The number of nitrogens with zero attached hydrogens (tertiary/aromatic N) is 1. The smallest absolute Gasteiger partial charge is 0.244 e. The lowest BCUT2D eigenvalue weighted by molar-refractivity contribution is 0.266. The Hall–Kier alpha value is -1.39. The van der Waals surface area contributed by atoms with Gasteiger partial charge in [0.15, 0.2) is 0 Å². The Kier molecular flexibility index (Phi) is 5.51. The molecule has 0 saturated carbocycles. The number of aliphatic hydroxyl groups is 2. The minimum absolute atomic E-state index is 0.0169. The summed E-state index contributed by atoms with van der Waals surface area (Å²) in [6, 6.07) is 4.83. The molecule has 0 saturated heterocycles. The summed E-state index contributed by atoms with van der Waals surface area (Å²) in [6.45, 7) is 1.26. The molecule has 0 unspecified atom stereocenters. The molecule has 1 aromatic rings. The first-order chi connectivity index (χ1) is 8.93. The van der Waals surface area contributed by atoms with E-state index in [0.29, 0.717) is 5.56 Å². The fraction of sp³-hybridized carbons (Fsp3) is 0.385. The molecule has 2 N–H and O–H groups in total. The summed E-state index contributed by atoms with van der Waals surface area (Å²) in [6.07, 6.45) is 0. The summed E-state index contributed by atoms with van der Waals surface area (Å²) in [4.78, 5) is 0.0787. The molecule has 0 radical (unpaired) electrons. The molecule has 0 bridgehead atoms. The van der Waals surface area contributed by atoms with Crippen LogP contribution in [-0.4, -0.2) is 49.7 Å². The number of sulfonamides is 1. The van der Waals surface area contributed by atoms with E-state index in [0.717, 1.165) is 9.87 Å². The van der Waals surface area contributed by atoms with Gasteiger partial charge in [0.2, 0.25) is 10.0 Å². The van der Waals surface area contributed by atoms with Crippen LogP contribution in [0.3, 0.4) is 0 Å². The number of hydrogen-bond acceptors (Lipinski definition) is 4. The first kappa shape index (κ1) is 15.7. The number of likely N-dealkylation sites (N-methyl/N-ethyl adjacent to an activating group) is 1. The van der Waals surface area contributed by atoms with Gasteiger partial charge in [0.25, 0.3) is 0 Å². The molecule has 0 aliphatic rings. The normalized spacial score (nSPS) is 11.2. The van der Waals surface area contributed by atoms with Crippen LogP contribution < -0.4 is 0 Å². The van der Waals surface area contributed by atoms with Crippen LogP contribution in [0.4, 0.5) is 0 Å². The summed E-state index contributed by atoms with van der Waals surface area (Å²) in [7, 11) is -2.29. The second-order valence-electron chi connectivity index (χ2n) is 4.01. The summed E-state index contributed by atoms with van der Waals surface area (Å²) < 4.78 is 25.7. The van der Waals surface area contributed by atoms with E-state index in [1.54, 1.807) is 12.1 Å². The average Bonchev–Trinajstić information content (AvgIpc) is 2.36. The van der Waals surface area contributed by atoms with Crippen molar-refractivity contribution >= 4 is 10.0 Å². The van der Waals surface area contributed by atoms with E-state index in [2.05, 4.69) is 11.8 Å². The van der Waals surface area contributed by atoms with Gasteiger partial charge in [-0.25, -0.2) is 8.42 Å². The van der Waals surface area contributed by atoms with Gasteiger partial charge in [0.05, 0.1) is 11.5 Å². The number of aryl methyl sites for hydroxylation is 1. The van der Waals surface area contributed by atoms with Gasteiger partial charge in [-0.05, 0) is 24.6 Å². The monoisotopic (exact) mass is 283 g/mol. The first-order valence-corrected chi connectivity index (χ1v) is 7.15. The van der Waals surface area contributed by atoms with Crippen LogP contribution in [0.1, 0.15) is 11.1 Å². The van der Waals surface area contributed by atoms with Gasteiger partial charge >= 0.3 is 0 Å². The number of aliphatic hydroxyl groups excluding tert-OH is 2. The van der Waals surface area contributed by atoms with Crippen LogP contribution in [0, 0.1) is 18.8 Å². The molecule has 1 rings (SSSR count). The van der Waals surface area contributed by atoms with Crippen LogP contribution in [-0.2, 0) is 10.0 Å². The second kappa shape index (κ2) is 6.68. The van der Waals surface area contributed by atoms with E-state index in [1.807, 2.05) is 6.92 Å². The van der Waals surface area contributed by atoms with Crippen LogP contribution in [0.5, 0.6) is 0 Å². The van der Waals surface area contributed by atoms with E-state index in [1.165, 1.54) is 13.1 Å². The van der Waals surface area contributed by atoms with E-state index in [4.69, 9.17) is 10.2 Å². The predicted octanol–water partition coefficient (Wildman–Crippen LogP) is -0.0484. The van der Waals surface area contributed by atoms with Gasteiger partial charge in [0, 0.05) is 19.2 Å². The molecule has 0 aromatic heterocycles. The zero-order chi connectivity index (χ0) is 14.5. The summed E-state index contributed by atoms with van der Waals surface area (Å²) in [5.74, 6) is 5.09. The predicted molar refractivity (Wildman–Crippen MR) is 72.0 cm³/mol. The minimum atomic E-state index is -3.69. The summed E-state index contributed by atoms with van der Waals surface area (Å²) in [5.41, 5.74) is 1.23. The van der Waals surface area contributed by atoms with E-state index >= 15 is 0 Å². The van der Waals surface area contributed by atoms with Crippen molar-refractivity contribution in [1.29, 1.82) is 0 Å². The summed E-state index contributed by atoms with van der Waals surface area (Å²) >= 11 is 0. The maximum Gasteiger partial charge on any atom is 0.244 e. The van der Waals surface area contributed by atoms with Crippen molar-refractivity contribution in [3.63, 3.8) is 0 Å². The minimum Gasteiger partial charge on any atom is -0.395 e. The third-order valence-electron chi connectivity index (χ3n) is 2.54. The zero-order valence-corrected chi connectivity index (χ0v) is 11.7. The first-order valence-electron chi connectivity index (χ1n) is 5.71. The third kappa shape index (κ3) is 3.78. The van der Waals surface area contributed by atoms with E-state index in [9.17, 15) is 8.42 Å². The van der Waals surface area contributed by atoms with Gasteiger partial charge in [0.1, 0.15) is 6.61 Å². The van der Waals surface area contributed by atoms with E-state index < -0.39 is 10.0 Å². The standard InChI is InChI=1S/C13H17NO4S/c1-11-5-6-13(12(10-11)4-3-8-15)19(17,18)14(2)7-9-16/h5-6,10,15-16H,7-9H2,1-2H3. The highest BCUT2D eigenvalue weighted by molar-refractivity contribution is 7.89. The summed E-state index contributed by atoms with van der Waals surface area (Å²) in [5, 5.41) is 17.6. The Morgan fingerprint density at radius 2 is 2.00 bits per heavy atom. The molecule has 0 amide bonds. The quantitative estimate of drug-likeness (QED) is 0.760.